The van der Waals surface area contributed by atoms with Crippen LogP contribution in [0.15, 0.2) is 36.5 Å². The molecule has 0 rings (SSSR count). The first-order chi connectivity index (χ1) is 25.5. The molecule has 0 aromatic heterocycles. The van der Waals surface area contributed by atoms with Crippen LogP contribution in [-0.2, 0) is 4.79 Å². The number of aliphatic hydroxyl groups is 4. The van der Waals surface area contributed by atoms with E-state index in [1.54, 1.807) is 0 Å². The van der Waals surface area contributed by atoms with Gasteiger partial charge in [-0.1, -0.05) is 185 Å². The highest BCUT2D eigenvalue weighted by molar-refractivity contribution is 5.80. The molecule has 0 aliphatic rings. The molecule has 52 heavy (non-hydrogen) atoms. The first kappa shape index (κ1) is 50.5. The van der Waals surface area contributed by atoms with Gasteiger partial charge in [-0.15, -0.1) is 0 Å². The second kappa shape index (κ2) is 40.7. The van der Waals surface area contributed by atoms with Crippen LogP contribution in [0.1, 0.15) is 219 Å². The number of unbranched alkanes of at least 4 members (excludes halogenated alkanes) is 25. The summed E-state index contributed by atoms with van der Waals surface area (Å²) in [5.74, 6) is -0.635. The summed E-state index contributed by atoms with van der Waals surface area (Å²) in [4.78, 5) is 12.4. The number of aliphatic hydroxyl groups excluding tert-OH is 4. The summed E-state index contributed by atoms with van der Waals surface area (Å²) in [5.41, 5.74) is 0. The smallest absolute Gasteiger partial charge is 0.249 e. The van der Waals surface area contributed by atoms with Crippen molar-refractivity contribution < 1.29 is 25.2 Å². The molecule has 0 fully saturated rings. The van der Waals surface area contributed by atoms with E-state index in [4.69, 9.17) is 0 Å². The second-order valence-corrected chi connectivity index (χ2v) is 15.4. The Balaban J connectivity index is 3.68. The number of amides is 1. The van der Waals surface area contributed by atoms with Gasteiger partial charge in [0.1, 0.15) is 12.2 Å². The number of rotatable bonds is 40. The van der Waals surface area contributed by atoms with Gasteiger partial charge < -0.3 is 25.7 Å². The molecule has 0 aliphatic heterocycles. The van der Waals surface area contributed by atoms with Gasteiger partial charge in [0.05, 0.1) is 18.8 Å². The zero-order valence-corrected chi connectivity index (χ0v) is 34.3. The molecule has 6 heteroatoms. The average Bonchev–Trinajstić information content (AvgIpc) is 3.15. The maximum atomic E-state index is 12.4. The summed E-state index contributed by atoms with van der Waals surface area (Å²) >= 11 is 0. The third kappa shape index (κ3) is 34.3. The molecule has 0 bridgehead atoms. The molecule has 0 aliphatic carbocycles. The van der Waals surface area contributed by atoms with E-state index in [0.29, 0.717) is 19.3 Å². The first-order valence-electron chi connectivity index (χ1n) is 22.4. The molecule has 1 amide bonds. The third-order valence-corrected chi connectivity index (χ3v) is 10.3. The van der Waals surface area contributed by atoms with Crippen molar-refractivity contribution in [3.8, 4) is 0 Å². The maximum absolute atomic E-state index is 12.4. The Bertz CT molecular complexity index is 828. The van der Waals surface area contributed by atoms with Crippen LogP contribution >= 0.6 is 0 Å². The van der Waals surface area contributed by atoms with E-state index in [-0.39, 0.29) is 6.42 Å². The lowest BCUT2D eigenvalue weighted by Gasteiger charge is -2.27. The highest BCUT2D eigenvalue weighted by Crippen LogP contribution is 2.15. The average molecular weight is 734 g/mol. The zero-order valence-electron chi connectivity index (χ0n) is 34.3. The molecule has 306 valence electrons. The van der Waals surface area contributed by atoms with E-state index in [2.05, 4.69) is 49.5 Å². The van der Waals surface area contributed by atoms with Crippen LogP contribution in [0, 0.1) is 0 Å². The molecule has 0 aromatic rings. The molecular weight excluding hydrogens is 647 g/mol. The molecule has 0 saturated heterocycles. The second-order valence-electron chi connectivity index (χ2n) is 15.4. The Hall–Kier alpha value is -1.47. The molecule has 0 spiro atoms. The summed E-state index contributed by atoms with van der Waals surface area (Å²) in [5, 5.41) is 43.3. The van der Waals surface area contributed by atoms with Crippen LogP contribution in [0.5, 0.6) is 0 Å². The van der Waals surface area contributed by atoms with Crippen LogP contribution in [0.4, 0.5) is 0 Å². The number of nitrogens with one attached hydrogen (secondary N) is 1. The largest absolute Gasteiger partial charge is 0.394 e. The van der Waals surface area contributed by atoms with Crippen molar-refractivity contribution in [2.45, 2.75) is 244 Å². The van der Waals surface area contributed by atoms with Gasteiger partial charge in [0.25, 0.3) is 0 Å². The maximum Gasteiger partial charge on any atom is 0.249 e. The summed E-state index contributed by atoms with van der Waals surface area (Å²) in [6.45, 7) is 3.96. The van der Waals surface area contributed by atoms with Gasteiger partial charge in [0.2, 0.25) is 5.91 Å². The molecular formula is C46H87NO5. The van der Waals surface area contributed by atoms with Crippen molar-refractivity contribution in [1.82, 2.24) is 5.32 Å². The standard InChI is InChI=1S/C46H87NO5/c1-3-5-7-9-11-13-14-15-16-17-18-19-20-21-22-23-24-25-26-27-28-29-30-31-32-34-35-37-39-43(49)45(51)42(41-48)47-46(52)44(50)40-38-36-33-12-10-8-6-4-2/h28-29,32-34,36,42-45,48-51H,3-27,30-31,35,37-41H2,1-2H3,(H,47,52)/b29-28+,34-32+,36-33-. The Labute approximate surface area is 322 Å². The van der Waals surface area contributed by atoms with Crippen LogP contribution in [0.2, 0.25) is 0 Å². The molecule has 0 saturated carbocycles. The van der Waals surface area contributed by atoms with Crippen molar-refractivity contribution in [2.75, 3.05) is 6.61 Å². The highest BCUT2D eigenvalue weighted by Gasteiger charge is 2.28. The number of allylic oxidation sites excluding steroid dienone is 6. The lowest BCUT2D eigenvalue weighted by molar-refractivity contribution is -0.132. The topological polar surface area (TPSA) is 110 Å². The van der Waals surface area contributed by atoms with E-state index in [1.807, 2.05) is 6.08 Å². The SMILES string of the molecule is CCCCCC/C=C\CCC(O)C(=O)NC(CO)C(O)C(O)CCC/C=C/CC/C=C/CCCCCCCCCCCCCCCCCCCCC. The minimum absolute atomic E-state index is 0.274. The third-order valence-electron chi connectivity index (χ3n) is 10.3. The predicted octanol–water partition coefficient (Wildman–Crippen LogP) is 11.7. The Morgan fingerprint density at radius 2 is 0.808 bits per heavy atom. The van der Waals surface area contributed by atoms with Crippen LogP contribution < -0.4 is 5.32 Å². The van der Waals surface area contributed by atoms with Crippen molar-refractivity contribution >= 4 is 5.91 Å². The van der Waals surface area contributed by atoms with Gasteiger partial charge in [-0.25, -0.2) is 0 Å². The fraction of sp³-hybridized carbons (Fsp3) is 0.848. The summed E-state index contributed by atoms with van der Waals surface area (Å²) < 4.78 is 0. The summed E-state index contributed by atoms with van der Waals surface area (Å²) in [6, 6.07) is -1.02. The monoisotopic (exact) mass is 734 g/mol. The fourth-order valence-electron chi connectivity index (χ4n) is 6.72. The van der Waals surface area contributed by atoms with E-state index in [9.17, 15) is 25.2 Å². The van der Waals surface area contributed by atoms with Gasteiger partial charge in [-0.2, -0.15) is 0 Å². The van der Waals surface area contributed by atoms with Gasteiger partial charge >= 0.3 is 0 Å². The Morgan fingerprint density at radius 1 is 0.462 bits per heavy atom. The fourth-order valence-corrected chi connectivity index (χ4v) is 6.72. The minimum atomic E-state index is -1.30. The predicted molar refractivity (Wildman–Crippen MR) is 224 cm³/mol. The molecule has 5 N–H and O–H groups in total. The van der Waals surface area contributed by atoms with Crippen LogP contribution in [0.3, 0.4) is 0 Å². The molecule has 6 nitrogen and oxygen atoms in total. The molecule has 4 atom stereocenters. The van der Waals surface area contributed by atoms with Crippen molar-refractivity contribution in [3.63, 3.8) is 0 Å². The molecule has 0 aromatic carbocycles. The summed E-state index contributed by atoms with van der Waals surface area (Å²) in [7, 11) is 0. The number of hydrogen-bond acceptors (Lipinski definition) is 5. The van der Waals surface area contributed by atoms with Crippen LogP contribution in [0.25, 0.3) is 0 Å². The van der Waals surface area contributed by atoms with Crippen LogP contribution in [-0.4, -0.2) is 57.3 Å². The molecule has 0 heterocycles. The quantitative estimate of drug-likeness (QED) is 0.0318. The normalized spacial score (nSPS) is 14.5. The Morgan fingerprint density at radius 3 is 1.23 bits per heavy atom. The van der Waals surface area contributed by atoms with Gasteiger partial charge in [-0.3, -0.25) is 4.79 Å². The van der Waals surface area contributed by atoms with Crippen molar-refractivity contribution in [1.29, 1.82) is 0 Å². The Kier molecular flexibility index (Phi) is 39.6. The van der Waals surface area contributed by atoms with Crippen molar-refractivity contribution in [2.24, 2.45) is 0 Å². The van der Waals surface area contributed by atoms with E-state index in [1.165, 1.54) is 148 Å². The van der Waals surface area contributed by atoms with Crippen molar-refractivity contribution in [3.05, 3.63) is 36.5 Å². The first-order valence-corrected chi connectivity index (χ1v) is 22.4. The summed E-state index contributed by atoms with van der Waals surface area (Å²) in [6.07, 6.45) is 48.0. The molecule has 4 unspecified atom stereocenters. The highest BCUT2D eigenvalue weighted by atomic mass is 16.3. The molecule has 0 radical (unpaired) electrons. The number of carbonyl (C=O) groups excluding carboxylic acids is 1. The minimum Gasteiger partial charge on any atom is -0.394 e. The number of hydrogen-bond donors (Lipinski definition) is 5. The lowest BCUT2D eigenvalue weighted by Crippen LogP contribution is -2.53. The van der Waals surface area contributed by atoms with Gasteiger partial charge in [-0.05, 0) is 70.6 Å². The number of carbonyl (C=O) groups is 1. The van der Waals surface area contributed by atoms with Gasteiger partial charge in [0, 0.05) is 0 Å². The van der Waals surface area contributed by atoms with E-state index in [0.717, 1.165) is 32.1 Å². The zero-order chi connectivity index (χ0) is 38.2. The van der Waals surface area contributed by atoms with E-state index >= 15 is 0 Å². The van der Waals surface area contributed by atoms with E-state index < -0.39 is 36.9 Å². The van der Waals surface area contributed by atoms with Gasteiger partial charge in [0.15, 0.2) is 0 Å². The lowest BCUT2D eigenvalue weighted by atomic mass is 10.0.